The first kappa shape index (κ1) is 16.3. The van der Waals surface area contributed by atoms with Gasteiger partial charge in [-0.05, 0) is 24.6 Å². The van der Waals surface area contributed by atoms with Gasteiger partial charge >= 0.3 is 11.9 Å². The lowest BCUT2D eigenvalue weighted by atomic mass is 10.1. The van der Waals surface area contributed by atoms with Crippen molar-refractivity contribution in [3.05, 3.63) is 23.8 Å². The van der Waals surface area contributed by atoms with Crippen molar-refractivity contribution in [2.24, 2.45) is 0 Å². The van der Waals surface area contributed by atoms with E-state index in [1.807, 2.05) is 0 Å². The Bertz CT molecular complexity index is 555. The zero-order chi connectivity index (χ0) is 16.0. The molecule has 1 amide bonds. The molecule has 1 aromatic carbocycles. The number of rotatable bonds is 6. The first-order valence-corrected chi connectivity index (χ1v) is 5.97. The number of benzene rings is 1. The summed E-state index contributed by atoms with van der Waals surface area (Å²) in [5, 5.41) is 30.0. The van der Waals surface area contributed by atoms with E-state index >= 15 is 0 Å². The molecule has 0 radical (unpaired) electrons. The SMILES string of the molecule is COC(=O)CC[C@H](NC(=O)c1cc(O)ccc1O)C(=O)O. The van der Waals surface area contributed by atoms with Crippen LogP contribution in [0.25, 0.3) is 0 Å². The zero-order valence-electron chi connectivity index (χ0n) is 11.2. The molecule has 0 bridgehead atoms. The largest absolute Gasteiger partial charge is 0.508 e. The molecule has 8 heteroatoms. The normalized spacial score (nSPS) is 11.5. The lowest BCUT2D eigenvalue weighted by Gasteiger charge is -2.14. The maximum absolute atomic E-state index is 11.9. The number of carbonyl (C=O) groups excluding carboxylic acids is 2. The standard InChI is InChI=1S/C13H15NO7/c1-21-11(17)5-3-9(13(19)20)14-12(18)8-6-7(15)2-4-10(8)16/h2,4,6,9,15-16H,3,5H2,1H3,(H,14,18)(H,19,20)/t9-/m0/s1. The van der Waals surface area contributed by atoms with Crippen molar-refractivity contribution in [2.45, 2.75) is 18.9 Å². The predicted octanol–water partition coefficient (Wildman–Crippen LogP) is 0.234. The van der Waals surface area contributed by atoms with Crippen LogP contribution < -0.4 is 5.32 Å². The molecule has 0 saturated carbocycles. The smallest absolute Gasteiger partial charge is 0.326 e. The molecular formula is C13H15NO7. The third-order valence-electron chi connectivity index (χ3n) is 2.69. The Kier molecular flexibility index (Phi) is 5.53. The Labute approximate surface area is 120 Å². The minimum atomic E-state index is -1.33. The van der Waals surface area contributed by atoms with E-state index < -0.39 is 29.6 Å². The van der Waals surface area contributed by atoms with Crippen LogP contribution in [-0.4, -0.2) is 46.3 Å². The van der Waals surface area contributed by atoms with Crippen LogP contribution >= 0.6 is 0 Å². The second kappa shape index (κ2) is 7.13. The summed E-state index contributed by atoms with van der Waals surface area (Å²) in [4.78, 5) is 33.9. The molecule has 0 fully saturated rings. The molecule has 114 valence electrons. The number of esters is 1. The van der Waals surface area contributed by atoms with Gasteiger partial charge in [0.2, 0.25) is 0 Å². The lowest BCUT2D eigenvalue weighted by molar-refractivity contribution is -0.142. The number of carbonyl (C=O) groups is 3. The number of hydrogen-bond acceptors (Lipinski definition) is 6. The van der Waals surface area contributed by atoms with Gasteiger partial charge in [-0.3, -0.25) is 9.59 Å². The Morgan fingerprint density at radius 2 is 1.95 bits per heavy atom. The third kappa shape index (κ3) is 4.68. The summed E-state index contributed by atoms with van der Waals surface area (Å²) < 4.78 is 4.39. The second-order valence-electron chi connectivity index (χ2n) is 4.18. The molecule has 0 aromatic heterocycles. The van der Waals surface area contributed by atoms with Crippen LogP contribution in [0.1, 0.15) is 23.2 Å². The molecule has 0 saturated heterocycles. The Morgan fingerprint density at radius 3 is 2.52 bits per heavy atom. The van der Waals surface area contributed by atoms with Crippen LogP contribution in [0.4, 0.5) is 0 Å². The number of phenolic OH excluding ortho intramolecular Hbond substituents is 2. The maximum Gasteiger partial charge on any atom is 0.326 e. The fourth-order valence-corrected chi connectivity index (χ4v) is 1.56. The van der Waals surface area contributed by atoms with Gasteiger partial charge in [0.1, 0.15) is 17.5 Å². The summed E-state index contributed by atoms with van der Waals surface area (Å²) >= 11 is 0. The van der Waals surface area contributed by atoms with Gasteiger partial charge in [0, 0.05) is 6.42 Å². The monoisotopic (exact) mass is 297 g/mol. The number of ether oxygens (including phenoxy) is 1. The summed E-state index contributed by atoms with van der Waals surface area (Å²) in [7, 11) is 1.17. The number of carboxylic acid groups (broad SMARTS) is 1. The molecule has 1 aromatic rings. The Morgan fingerprint density at radius 1 is 1.29 bits per heavy atom. The topological polar surface area (TPSA) is 133 Å². The quantitative estimate of drug-likeness (QED) is 0.436. The molecule has 8 nitrogen and oxygen atoms in total. The first-order valence-electron chi connectivity index (χ1n) is 5.97. The molecule has 0 heterocycles. The number of methoxy groups -OCH3 is 1. The molecule has 0 spiro atoms. The van der Waals surface area contributed by atoms with E-state index in [4.69, 9.17) is 5.11 Å². The first-order chi connectivity index (χ1) is 9.85. The van der Waals surface area contributed by atoms with Gasteiger partial charge in [-0.15, -0.1) is 0 Å². The van der Waals surface area contributed by atoms with E-state index in [1.54, 1.807) is 0 Å². The highest BCUT2D eigenvalue weighted by molar-refractivity contribution is 5.99. The molecule has 0 aliphatic rings. The number of hydrogen-bond donors (Lipinski definition) is 4. The van der Waals surface area contributed by atoms with E-state index in [2.05, 4.69) is 10.1 Å². The number of aliphatic carboxylic acids is 1. The molecule has 0 aliphatic carbocycles. The highest BCUT2D eigenvalue weighted by atomic mass is 16.5. The molecule has 21 heavy (non-hydrogen) atoms. The number of aromatic hydroxyl groups is 2. The fourth-order valence-electron chi connectivity index (χ4n) is 1.56. The summed E-state index contributed by atoms with van der Waals surface area (Å²) in [6.45, 7) is 0. The van der Waals surface area contributed by atoms with Crippen molar-refractivity contribution in [3.63, 3.8) is 0 Å². The summed E-state index contributed by atoms with van der Waals surface area (Å²) in [5.74, 6) is -3.45. The van der Waals surface area contributed by atoms with Crippen molar-refractivity contribution in [1.82, 2.24) is 5.32 Å². The average molecular weight is 297 g/mol. The number of amides is 1. The van der Waals surface area contributed by atoms with E-state index in [1.165, 1.54) is 13.2 Å². The van der Waals surface area contributed by atoms with Crippen molar-refractivity contribution < 1.29 is 34.4 Å². The molecule has 1 atom stereocenters. The number of nitrogens with one attached hydrogen (secondary N) is 1. The summed E-state index contributed by atoms with van der Waals surface area (Å²) in [5.41, 5.74) is -0.265. The van der Waals surface area contributed by atoms with Gasteiger partial charge in [-0.25, -0.2) is 4.79 Å². The second-order valence-corrected chi connectivity index (χ2v) is 4.18. The van der Waals surface area contributed by atoms with Crippen LogP contribution in [0.3, 0.4) is 0 Å². The Hall–Kier alpha value is -2.77. The number of phenols is 2. The fraction of sp³-hybridized carbons (Fsp3) is 0.308. The molecule has 0 unspecified atom stereocenters. The van der Waals surface area contributed by atoms with E-state index in [0.29, 0.717) is 0 Å². The van der Waals surface area contributed by atoms with Gasteiger partial charge < -0.3 is 25.4 Å². The van der Waals surface area contributed by atoms with Gasteiger partial charge in [-0.2, -0.15) is 0 Å². The molecule has 1 rings (SSSR count). The van der Waals surface area contributed by atoms with Crippen LogP contribution in [0, 0.1) is 0 Å². The van der Waals surface area contributed by atoms with Gasteiger partial charge in [0.05, 0.1) is 12.7 Å². The highest BCUT2D eigenvalue weighted by Crippen LogP contribution is 2.22. The zero-order valence-corrected chi connectivity index (χ0v) is 11.2. The molecule has 4 N–H and O–H groups in total. The predicted molar refractivity (Wildman–Crippen MR) is 69.9 cm³/mol. The van der Waals surface area contributed by atoms with Gasteiger partial charge in [0.25, 0.3) is 5.91 Å². The van der Waals surface area contributed by atoms with Crippen molar-refractivity contribution >= 4 is 17.8 Å². The van der Waals surface area contributed by atoms with E-state index in [-0.39, 0.29) is 24.2 Å². The minimum Gasteiger partial charge on any atom is -0.508 e. The average Bonchev–Trinajstić information content (AvgIpc) is 2.44. The van der Waals surface area contributed by atoms with Crippen LogP contribution in [0.15, 0.2) is 18.2 Å². The molecular weight excluding hydrogens is 282 g/mol. The Balaban J connectivity index is 2.79. The van der Waals surface area contributed by atoms with Gasteiger partial charge in [-0.1, -0.05) is 0 Å². The maximum atomic E-state index is 11.9. The summed E-state index contributed by atoms with van der Waals surface area (Å²) in [6.07, 6.45) is -0.340. The highest BCUT2D eigenvalue weighted by Gasteiger charge is 2.23. The van der Waals surface area contributed by atoms with Crippen molar-refractivity contribution in [3.8, 4) is 11.5 Å². The van der Waals surface area contributed by atoms with Crippen molar-refractivity contribution in [1.29, 1.82) is 0 Å². The molecule has 0 aliphatic heterocycles. The third-order valence-corrected chi connectivity index (χ3v) is 2.69. The van der Waals surface area contributed by atoms with Crippen molar-refractivity contribution in [2.75, 3.05) is 7.11 Å². The number of carboxylic acids is 1. The van der Waals surface area contributed by atoms with E-state index in [9.17, 15) is 24.6 Å². The van der Waals surface area contributed by atoms with Gasteiger partial charge in [0.15, 0.2) is 0 Å². The van der Waals surface area contributed by atoms with Crippen LogP contribution in [-0.2, 0) is 14.3 Å². The lowest BCUT2D eigenvalue weighted by Crippen LogP contribution is -2.41. The minimum absolute atomic E-state index is 0.159. The van der Waals surface area contributed by atoms with Crippen LogP contribution in [0.2, 0.25) is 0 Å². The van der Waals surface area contributed by atoms with E-state index in [0.717, 1.165) is 12.1 Å². The summed E-state index contributed by atoms with van der Waals surface area (Å²) in [6, 6.07) is 1.97. The van der Waals surface area contributed by atoms with Crippen LogP contribution in [0.5, 0.6) is 11.5 Å².